The Balaban J connectivity index is 1.34. The third-order valence-electron chi connectivity index (χ3n) is 4.68. The Hall–Kier alpha value is -0.650. The van der Waals surface area contributed by atoms with E-state index >= 15 is 0 Å². The van der Waals surface area contributed by atoms with E-state index in [-0.39, 0.29) is 5.92 Å². The molecule has 3 aliphatic rings. The van der Waals surface area contributed by atoms with E-state index in [4.69, 9.17) is 9.47 Å². The van der Waals surface area contributed by atoms with E-state index in [1.165, 1.54) is 12.8 Å². The van der Waals surface area contributed by atoms with Crippen molar-refractivity contribution in [2.75, 3.05) is 39.4 Å². The minimum atomic E-state index is 0.225. The molecule has 1 unspecified atom stereocenters. The molecular formula is C15H26N2O3. The zero-order valence-electron chi connectivity index (χ0n) is 12.2. The maximum atomic E-state index is 12.1. The van der Waals surface area contributed by atoms with E-state index in [0.29, 0.717) is 18.1 Å². The van der Waals surface area contributed by atoms with Gasteiger partial charge < -0.3 is 19.7 Å². The molecular weight excluding hydrogens is 256 g/mol. The molecule has 0 aromatic rings. The van der Waals surface area contributed by atoms with E-state index in [9.17, 15) is 4.79 Å². The molecule has 20 heavy (non-hydrogen) atoms. The molecule has 0 aliphatic carbocycles. The molecule has 0 bridgehead atoms. The van der Waals surface area contributed by atoms with E-state index in [2.05, 4.69) is 5.32 Å². The first-order chi connectivity index (χ1) is 9.83. The zero-order valence-corrected chi connectivity index (χ0v) is 12.2. The van der Waals surface area contributed by atoms with Crippen LogP contribution < -0.4 is 5.32 Å². The Morgan fingerprint density at radius 1 is 1.20 bits per heavy atom. The second-order valence-corrected chi connectivity index (χ2v) is 6.20. The summed E-state index contributed by atoms with van der Waals surface area (Å²) in [4.78, 5) is 14.1. The third kappa shape index (κ3) is 3.51. The number of hydrogen-bond donors (Lipinski definition) is 1. The predicted molar refractivity (Wildman–Crippen MR) is 75.5 cm³/mol. The fourth-order valence-corrected chi connectivity index (χ4v) is 3.15. The van der Waals surface area contributed by atoms with E-state index in [0.717, 1.165) is 58.7 Å². The average Bonchev–Trinajstić information content (AvgIpc) is 2.45. The van der Waals surface area contributed by atoms with Crippen molar-refractivity contribution in [3.05, 3.63) is 0 Å². The van der Waals surface area contributed by atoms with Crippen LogP contribution in [0.3, 0.4) is 0 Å². The first-order valence-corrected chi connectivity index (χ1v) is 8.05. The summed E-state index contributed by atoms with van der Waals surface area (Å²) in [7, 11) is 0. The molecule has 1 N–H and O–H groups in total. The topological polar surface area (TPSA) is 50.8 Å². The standard InChI is InChI=1S/C15H26N2O3/c18-15(12-9-16-10-12)17-6-4-13(5-7-17)20-11-14-3-1-2-8-19-14/h12-14,16H,1-11H2. The van der Waals surface area contributed by atoms with Crippen LogP contribution >= 0.6 is 0 Å². The highest BCUT2D eigenvalue weighted by atomic mass is 16.5. The van der Waals surface area contributed by atoms with Gasteiger partial charge >= 0.3 is 0 Å². The molecule has 3 saturated heterocycles. The molecule has 1 amide bonds. The summed E-state index contributed by atoms with van der Waals surface area (Å²) in [6.07, 6.45) is 6.13. The van der Waals surface area contributed by atoms with Crippen molar-refractivity contribution in [1.29, 1.82) is 0 Å². The lowest BCUT2D eigenvalue weighted by molar-refractivity contribution is -0.140. The van der Waals surface area contributed by atoms with Crippen LogP contribution in [0.2, 0.25) is 0 Å². The largest absolute Gasteiger partial charge is 0.376 e. The van der Waals surface area contributed by atoms with Crippen LogP contribution in [-0.4, -0.2) is 62.4 Å². The molecule has 0 spiro atoms. The maximum Gasteiger partial charge on any atom is 0.228 e. The Kier molecular flexibility index (Phi) is 4.91. The molecule has 3 aliphatic heterocycles. The van der Waals surface area contributed by atoms with Crippen molar-refractivity contribution in [1.82, 2.24) is 10.2 Å². The van der Waals surface area contributed by atoms with Gasteiger partial charge in [-0.2, -0.15) is 0 Å². The van der Waals surface area contributed by atoms with Crippen molar-refractivity contribution in [2.24, 2.45) is 5.92 Å². The van der Waals surface area contributed by atoms with Crippen LogP contribution in [0.4, 0.5) is 0 Å². The van der Waals surface area contributed by atoms with Crippen LogP contribution in [-0.2, 0) is 14.3 Å². The van der Waals surface area contributed by atoms with Crippen LogP contribution in [0.15, 0.2) is 0 Å². The van der Waals surface area contributed by atoms with Crippen molar-refractivity contribution in [3.63, 3.8) is 0 Å². The fourth-order valence-electron chi connectivity index (χ4n) is 3.15. The summed E-state index contributed by atoms with van der Waals surface area (Å²) < 4.78 is 11.7. The number of carbonyl (C=O) groups excluding carboxylic acids is 1. The minimum absolute atomic E-state index is 0.225. The Bertz CT molecular complexity index is 319. The van der Waals surface area contributed by atoms with Crippen molar-refractivity contribution < 1.29 is 14.3 Å². The first kappa shape index (κ1) is 14.3. The number of amides is 1. The number of nitrogens with one attached hydrogen (secondary N) is 1. The lowest BCUT2D eigenvalue weighted by atomic mass is 9.99. The van der Waals surface area contributed by atoms with Gasteiger partial charge in [-0.05, 0) is 32.1 Å². The minimum Gasteiger partial charge on any atom is -0.376 e. The van der Waals surface area contributed by atoms with E-state index in [1.807, 2.05) is 4.90 Å². The quantitative estimate of drug-likeness (QED) is 0.828. The molecule has 5 heteroatoms. The summed E-state index contributed by atoms with van der Waals surface area (Å²) in [5, 5.41) is 3.16. The van der Waals surface area contributed by atoms with Crippen LogP contribution in [0.5, 0.6) is 0 Å². The summed E-state index contributed by atoms with van der Waals surface area (Å²) in [6, 6.07) is 0. The summed E-state index contributed by atoms with van der Waals surface area (Å²) in [5.74, 6) is 0.556. The van der Waals surface area contributed by atoms with Crippen LogP contribution in [0, 0.1) is 5.92 Å². The van der Waals surface area contributed by atoms with Gasteiger partial charge in [0.1, 0.15) is 0 Å². The summed E-state index contributed by atoms with van der Waals surface area (Å²) >= 11 is 0. The number of piperidine rings is 1. The smallest absolute Gasteiger partial charge is 0.228 e. The molecule has 114 valence electrons. The highest BCUT2D eigenvalue weighted by molar-refractivity contribution is 5.80. The van der Waals surface area contributed by atoms with E-state index < -0.39 is 0 Å². The van der Waals surface area contributed by atoms with Gasteiger partial charge in [0, 0.05) is 32.8 Å². The Labute approximate surface area is 121 Å². The molecule has 5 nitrogen and oxygen atoms in total. The van der Waals surface area contributed by atoms with Gasteiger partial charge in [-0.3, -0.25) is 4.79 Å². The van der Waals surface area contributed by atoms with Gasteiger partial charge in [0.25, 0.3) is 0 Å². The summed E-state index contributed by atoms with van der Waals surface area (Å²) in [5.41, 5.74) is 0. The maximum absolute atomic E-state index is 12.1. The molecule has 3 heterocycles. The van der Waals surface area contributed by atoms with Gasteiger partial charge in [-0.25, -0.2) is 0 Å². The average molecular weight is 282 g/mol. The fraction of sp³-hybridized carbons (Fsp3) is 0.933. The second-order valence-electron chi connectivity index (χ2n) is 6.20. The molecule has 1 atom stereocenters. The Morgan fingerprint density at radius 3 is 2.60 bits per heavy atom. The number of likely N-dealkylation sites (tertiary alicyclic amines) is 1. The van der Waals surface area contributed by atoms with Gasteiger partial charge in [-0.1, -0.05) is 0 Å². The SMILES string of the molecule is O=C(C1CNC1)N1CCC(OCC2CCCCO2)CC1. The number of rotatable bonds is 4. The number of hydrogen-bond acceptors (Lipinski definition) is 4. The normalized spacial score (nSPS) is 29.2. The van der Waals surface area contributed by atoms with Crippen molar-refractivity contribution in [3.8, 4) is 0 Å². The number of ether oxygens (including phenoxy) is 2. The van der Waals surface area contributed by atoms with Crippen molar-refractivity contribution >= 4 is 5.91 Å². The monoisotopic (exact) mass is 282 g/mol. The lowest BCUT2D eigenvalue weighted by Crippen LogP contribution is -2.54. The van der Waals surface area contributed by atoms with Crippen LogP contribution in [0.1, 0.15) is 32.1 Å². The number of carbonyl (C=O) groups is 1. The van der Waals surface area contributed by atoms with Gasteiger partial charge in [0.05, 0.1) is 24.7 Å². The second kappa shape index (κ2) is 6.87. The molecule has 0 saturated carbocycles. The molecule has 3 fully saturated rings. The predicted octanol–water partition coefficient (Wildman–Crippen LogP) is 0.783. The van der Waals surface area contributed by atoms with Crippen LogP contribution in [0.25, 0.3) is 0 Å². The van der Waals surface area contributed by atoms with Gasteiger partial charge in [0.15, 0.2) is 0 Å². The zero-order chi connectivity index (χ0) is 13.8. The lowest BCUT2D eigenvalue weighted by Gasteiger charge is -2.37. The number of nitrogens with zero attached hydrogens (tertiary/aromatic N) is 1. The first-order valence-electron chi connectivity index (χ1n) is 8.05. The van der Waals surface area contributed by atoms with Gasteiger partial charge in [-0.15, -0.1) is 0 Å². The third-order valence-corrected chi connectivity index (χ3v) is 4.68. The Morgan fingerprint density at radius 2 is 2.00 bits per heavy atom. The molecule has 0 aromatic carbocycles. The molecule has 0 aromatic heterocycles. The van der Waals surface area contributed by atoms with Gasteiger partial charge in [0.2, 0.25) is 5.91 Å². The highest BCUT2D eigenvalue weighted by Gasteiger charge is 2.31. The summed E-state index contributed by atoms with van der Waals surface area (Å²) in [6.45, 7) is 5.03. The molecule has 0 radical (unpaired) electrons. The van der Waals surface area contributed by atoms with E-state index in [1.54, 1.807) is 0 Å². The van der Waals surface area contributed by atoms with Crippen molar-refractivity contribution in [2.45, 2.75) is 44.3 Å². The highest BCUT2D eigenvalue weighted by Crippen LogP contribution is 2.19. The molecule has 3 rings (SSSR count).